The highest BCUT2D eigenvalue weighted by Crippen LogP contribution is 2.39. The van der Waals surface area contributed by atoms with Crippen molar-refractivity contribution in [2.45, 2.75) is 19.3 Å². The molecule has 2 N–H and O–H groups in total. The highest BCUT2D eigenvalue weighted by atomic mass is 16.2. The molecule has 2 atom stereocenters. The van der Waals surface area contributed by atoms with Crippen LogP contribution in [0.2, 0.25) is 0 Å². The lowest BCUT2D eigenvalue weighted by molar-refractivity contribution is -0.133. The van der Waals surface area contributed by atoms with Gasteiger partial charge in [-0.1, -0.05) is 12.0 Å². The van der Waals surface area contributed by atoms with Gasteiger partial charge in [-0.25, -0.2) is 9.88 Å². The van der Waals surface area contributed by atoms with Crippen molar-refractivity contribution in [2.24, 2.45) is 17.6 Å². The Bertz CT molecular complexity index is 607. The molecule has 20 heavy (non-hydrogen) atoms. The minimum atomic E-state index is -0.125. The predicted octanol–water partition coefficient (Wildman–Crippen LogP) is 0.681. The summed E-state index contributed by atoms with van der Waals surface area (Å²) in [4.78, 5) is 30.2. The zero-order chi connectivity index (χ0) is 14.1. The average Bonchev–Trinajstić information content (AvgIpc) is 2.91. The first kappa shape index (κ1) is 12.8. The Labute approximate surface area is 117 Å². The number of nitrogens with two attached hydrogens (primary N) is 1. The van der Waals surface area contributed by atoms with Gasteiger partial charge < -0.3 is 5.73 Å². The number of hydrogen-bond acceptors (Lipinski definition) is 4. The fourth-order valence-electron chi connectivity index (χ4n) is 2.89. The Morgan fingerprint density at radius 1 is 1.25 bits per heavy atom. The van der Waals surface area contributed by atoms with Gasteiger partial charge in [0, 0.05) is 11.8 Å². The topological polar surface area (TPSA) is 76.3 Å². The van der Waals surface area contributed by atoms with E-state index in [1.165, 1.54) is 4.90 Å². The van der Waals surface area contributed by atoms with Crippen LogP contribution in [0.15, 0.2) is 18.2 Å². The Morgan fingerprint density at radius 2 is 1.95 bits per heavy atom. The third-order valence-corrected chi connectivity index (χ3v) is 3.85. The summed E-state index contributed by atoms with van der Waals surface area (Å²) in [7, 11) is 0. The van der Waals surface area contributed by atoms with Crippen LogP contribution in [0.4, 0.5) is 5.82 Å². The van der Waals surface area contributed by atoms with Crippen LogP contribution in [-0.2, 0) is 9.59 Å². The second-order valence-corrected chi connectivity index (χ2v) is 5.11. The molecular weight excluding hydrogens is 254 g/mol. The van der Waals surface area contributed by atoms with Gasteiger partial charge >= 0.3 is 0 Å². The van der Waals surface area contributed by atoms with Crippen molar-refractivity contribution in [3.63, 3.8) is 0 Å². The Kier molecular flexibility index (Phi) is 3.25. The molecule has 5 heteroatoms. The average molecular weight is 269 g/mol. The molecule has 2 amide bonds. The van der Waals surface area contributed by atoms with Gasteiger partial charge in [0.15, 0.2) is 0 Å². The number of hydrogen-bond donors (Lipinski definition) is 1. The molecule has 2 bridgehead atoms. The van der Waals surface area contributed by atoms with E-state index < -0.39 is 0 Å². The summed E-state index contributed by atoms with van der Waals surface area (Å²) < 4.78 is 0. The van der Waals surface area contributed by atoms with Crippen LogP contribution in [0.3, 0.4) is 0 Å². The molecule has 0 radical (unpaired) electrons. The van der Waals surface area contributed by atoms with Crippen molar-refractivity contribution in [3.05, 3.63) is 23.9 Å². The molecule has 1 aromatic heterocycles. The number of rotatable bonds is 1. The lowest BCUT2D eigenvalue weighted by atomic mass is 9.97. The van der Waals surface area contributed by atoms with Crippen molar-refractivity contribution in [1.82, 2.24) is 4.98 Å². The third kappa shape index (κ3) is 2.08. The van der Waals surface area contributed by atoms with Crippen LogP contribution in [0, 0.1) is 23.7 Å². The van der Waals surface area contributed by atoms with E-state index in [1.807, 2.05) is 0 Å². The summed E-state index contributed by atoms with van der Waals surface area (Å²) in [6.07, 6.45) is 2.30. The molecule has 0 spiro atoms. The van der Waals surface area contributed by atoms with Gasteiger partial charge in [0.05, 0.1) is 6.54 Å². The van der Waals surface area contributed by atoms with Gasteiger partial charge in [0.25, 0.3) is 0 Å². The molecule has 2 unspecified atom stereocenters. The molecule has 1 saturated carbocycles. The molecule has 0 aromatic carbocycles. The van der Waals surface area contributed by atoms with Crippen LogP contribution >= 0.6 is 0 Å². The first-order valence-corrected chi connectivity index (χ1v) is 6.74. The van der Waals surface area contributed by atoms with Crippen LogP contribution in [0.5, 0.6) is 0 Å². The standard InChI is InChI=1S/C15H15N3O2/c16-8-2-4-12-3-1-5-13(17-12)18-14(19)10-6-7-11(9-10)15(18)20/h1,3,5,10-11H,6-9,16H2. The lowest BCUT2D eigenvalue weighted by Crippen LogP contribution is -2.46. The van der Waals surface area contributed by atoms with Gasteiger partial charge in [-0.15, -0.1) is 0 Å². The minimum absolute atomic E-state index is 0.0294. The molecule has 1 aromatic rings. The Morgan fingerprint density at radius 3 is 2.60 bits per heavy atom. The van der Waals surface area contributed by atoms with E-state index in [2.05, 4.69) is 16.8 Å². The Hall–Kier alpha value is -2.19. The van der Waals surface area contributed by atoms with E-state index >= 15 is 0 Å². The van der Waals surface area contributed by atoms with Gasteiger partial charge in [-0.2, -0.15) is 0 Å². The van der Waals surface area contributed by atoms with E-state index in [0.717, 1.165) is 12.8 Å². The molecule has 2 fully saturated rings. The van der Waals surface area contributed by atoms with Crippen molar-refractivity contribution < 1.29 is 9.59 Å². The van der Waals surface area contributed by atoms with Gasteiger partial charge in [-0.05, 0) is 37.3 Å². The van der Waals surface area contributed by atoms with Crippen molar-refractivity contribution in [2.75, 3.05) is 11.4 Å². The number of aromatic nitrogens is 1. The van der Waals surface area contributed by atoms with Crippen molar-refractivity contribution >= 4 is 17.6 Å². The number of carbonyl (C=O) groups is 2. The van der Waals surface area contributed by atoms with Gasteiger partial charge in [-0.3, -0.25) is 9.59 Å². The molecular formula is C15H15N3O2. The first-order chi connectivity index (χ1) is 9.70. The fourth-order valence-corrected chi connectivity index (χ4v) is 2.89. The molecule has 5 nitrogen and oxygen atoms in total. The summed E-state index contributed by atoms with van der Waals surface area (Å²) in [5.41, 5.74) is 5.85. The number of amides is 2. The van der Waals surface area contributed by atoms with Crippen LogP contribution < -0.4 is 10.6 Å². The number of anilines is 1. The molecule has 1 aliphatic carbocycles. The van der Waals surface area contributed by atoms with E-state index in [-0.39, 0.29) is 30.2 Å². The first-order valence-electron chi connectivity index (χ1n) is 6.74. The lowest BCUT2D eigenvalue weighted by Gasteiger charge is -2.28. The Balaban J connectivity index is 1.95. The maximum atomic E-state index is 12.3. The zero-order valence-corrected chi connectivity index (χ0v) is 11.0. The summed E-state index contributed by atoms with van der Waals surface area (Å²) in [6, 6.07) is 5.16. The SMILES string of the molecule is NCC#Cc1cccc(N2C(=O)C3CCC(C3)C2=O)n1. The van der Waals surface area contributed by atoms with Crippen LogP contribution in [0.25, 0.3) is 0 Å². The normalized spacial score (nSPS) is 24.6. The maximum absolute atomic E-state index is 12.3. The summed E-state index contributed by atoms with van der Waals surface area (Å²) in [6.45, 7) is 0.248. The predicted molar refractivity (Wildman–Crippen MR) is 73.5 cm³/mol. The second kappa shape index (κ2) is 5.06. The van der Waals surface area contributed by atoms with E-state index in [0.29, 0.717) is 17.9 Å². The van der Waals surface area contributed by atoms with E-state index in [1.54, 1.807) is 18.2 Å². The smallest absolute Gasteiger partial charge is 0.238 e. The van der Waals surface area contributed by atoms with Gasteiger partial charge in [0.2, 0.25) is 11.8 Å². The second-order valence-electron chi connectivity index (χ2n) is 5.11. The molecule has 102 valence electrons. The molecule has 3 rings (SSSR count). The minimum Gasteiger partial charge on any atom is -0.320 e. The maximum Gasteiger partial charge on any atom is 0.238 e. The number of nitrogens with zero attached hydrogens (tertiary/aromatic N) is 2. The van der Waals surface area contributed by atoms with Crippen molar-refractivity contribution in [3.8, 4) is 11.8 Å². The zero-order valence-electron chi connectivity index (χ0n) is 11.0. The van der Waals surface area contributed by atoms with Crippen LogP contribution in [0.1, 0.15) is 25.0 Å². The molecule has 2 heterocycles. The fraction of sp³-hybridized carbons (Fsp3) is 0.400. The quantitative estimate of drug-likeness (QED) is 0.601. The number of carbonyl (C=O) groups excluding carboxylic acids is 2. The van der Waals surface area contributed by atoms with Gasteiger partial charge in [0.1, 0.15) is 11.5 Å². The number of imide groups is 1. The summed E-state index contributed by atoms with van der Waals surface area (Å²) in [5.74, 6) is 5.60. The summed E-state index contributed by atoms with van der Waals surface area (Å²) >= 11 is 0. The highest BCUT2D eigenvalue weighted by molar-refractivity contribution is 6.18. The molecule has 1 aliphatic heterocycles. The van der Waals surface area contributed by atoms with Crippen LogP contribution in [-0.4, -0.2) is 23.3 Å². The number of fused-ring (bicyclic) bond motifs is 2. The third-order valence-electron chi connectivity index (χ3n) is 3.85. The van der Waals surface area contributed by atoms with Crippen molar-refractivity contribution in [1.29, 1.82) is 0 Å². The van der Waals surface area contributed by atoms with E-state index in [4.69, 9.17) is 5.73 Å². The number of pyridine rings is 1. The largest absolute Gasteiger partial charge is 0.320 e. The molecule has 1 saturated heterocycles. The van der Waals surface area contributed by atoms with E-state index in [9.17, 15) is 9.59 Å². The summed E-state index contributed by atoms with van der Waals surface area (Å²) in [5, 5.41) is 0. The highest BCUT2D eigenvalue weighted by Gasteiger charge is 2.46. The molecule has 2 aliphatic rings. The monoisotopic (exact) mass is 269 g/mol. The number of piperidine rings is 1.